The molecule has 21 heavy (non-hydrogen) atoms. The molecule has 2 N–H and O–H groups in total. The second-order valence-electron chi connectivity index (χ2n) is 5.09. The van der Waals surface area contributed by atoms with Crippen molar-refractivity contribution >= 4 is 20.8 Å². The molecule has 112 valence electrons. The fourth-order valence-corrected chi connectivity index (χ4v) is 3.50. The predicted molar refractivity (Wildman–Crippen MR) is 81.7 cm³/mol. The van der Waals surface area contributed by atoms with Gasteiger partial charge in [-0.2, -0.15) is 0 Å². The second kappa shape index (κ2) is 6.11. The Morgan fingerprint density at radius 1 is 1.19 bits per heavy atom. The van der Waals surface area contributed by atoms with Crippen molar-refractivity contribution in [2.24, 2.45) is 0 Å². The van der Waals surface area contributed by atoms with Gasteiger partial charge in [-0.05, 0) is 22.9 Å². The fraction of sp³-hybridized carbons (Fsp3) is 0.333. The van der Waals surface area contributed by atoms with Crippen LogP contribution >= 0.6 is 0 Å². The summed E-state index contributed by atoms with van der Waals surface area (Å²) in [4.78, 5) is 0.290. The molecule has 5 nitrogen and oxygen atoms in total. The quantitative estimate of drug-likeness (QED) is 0.888. The minimum Gasteiger partial charge on any atom is -0.378 e. The highest BCUT2D eigenvalue weighted by molar-refractivity contribution is 7.89. The van der Waals surface area contributed by atoms with Crippen LogP contribution in [0.3, 0.4) is 0 Å². The molecule has 3 rings (SSSR count). The Balaban J connectivity index is 1.76. The smallest absolute Gasteiger partial charge is 0.240 e. The van der Waals surface area contributed by atoms with Crippen molar-refractivity contribution in [3.8, 4) is 0 Å². The number of nitrogens with one attached hydrogen (secondary N) is 2. The lowest BCUT2D eigenvalue weighted by atomic mass is 10.1. The third-order valence-corrected chi connectivity index (χ3v) is 4.97. The minimum atomic E-state index is -3.50. The molecule has 2 aromatic rings. The third-order valence-electron chi connectivity index (χ3n) is 3.55. The number of ether oxygens (including phenoxy) is 1. The van der Waals surface area contributed by atoms with Gasteiger partial charge >= 0.3 is 0 Å². The first-order valence-electron chi connectivity index (χ1n) is 6.95. The molecule has 2 aromatic carbocycles. The normalized spacial score (nSPS) is 19.7. The van der Waals surface area contributed by atoms with Gasteiger partial charge in [0.2, 0.25) is 10.0 Å². The van der Waals surface area contributed by atoms with E-state index in [0.29, 0.717) is 19.8 Å². The first-order chi connectivity index (χ1) is 10.1. The lowest BCUT2D eigenvalue weighted by molar-refractivity contribution is 0.0784. The van der Waals surface area contributed by atoms with Gasteiger partial charge in [0.1, 0.15) is 0 Å². The van der Waals surface area contributed by atoms with E-state index in [-0.39, 0.29) is 10.9 Å². The lowest BCUT2D eigenvalue weighted by Crippen LogP contribution is -2.48. The van der Waals surface area contributed by atoms with E-state index >= 15 is 0 Å². The van der Waals surface area contributed by atoms with Crippen LogP contribution in [-0.2, 0) is 14.8 Å². The van der Waals surface area contributed by atoms with Gasteiger partial charge < -0.3 is 10.1 Å². The molecular formula is C15H18N2O3S. The van der Waals surface area contributed by atoms with Crippen molar-refractivity contribution in [2.45, 2.75) is 10.9 Å². The van der Waals surface area contributed by atoms with Gasteiger partial charge in [-0.1, -0.05) is 30.3 Å². The largest absolute Gasteiger partial charge is 0.378 e. The van der Waals surface area contributed by atoms with Crippen molar-refractivity contribution in [3.63, 3.8) is 0 Å². The monoisotopic (exact) mass is 306 g/mol. The number of hydrogen-bond donors (Lipinski definition) is 2. The SMILES string of the molecule is O=S(=O)(NCC1COCCN1)c1ccc2ccccc2c1. The summed E-state index contributed by atoms with van der Waals surface area (Å²) in [5, 5.41) is 5.16. The van der Waals surface area contributed by atoms with Gasteiger partial charge in [0.05, 0.1) is 18.1 Å². The Bertz CT molecular complexity index is 725. The zero-order valence-electron chi connectivity index (χ0n) is 11.6. The summed E-state index contributed by atoms with van der Waals surface area (Å²) < 4.78 is 32.6. The lowest BCUT2D eigenvalue weighted by Gasteiger charge is -2.23. The van der Waals surface area contributed by atoms with Gasteiger partial charge in [-0.15, -0.1) is 0 Å². The minimum absolute atomic E-state index is 0.0222. The standard InChI is InChI=1S/C15H18N2O3S/c18-21(19,17-10-14-11-20-8-7-16-14)15-6-5-12-3-1-2-4-13(12)9-15/h1-6,9,14,16-17H,7-8,10-11H2. The molecule has 0 bridgehead atoms. The first kappa shape index (κ1) is 14.5. The van der Waals surface area contributed by atoms with E-state index in [2.05, 4.69) is 10.0 Å². The van der Waals surface area contributed by atoms with E-state index in [1.54, 1.807) is 12.1 Å². The van der Waals surface area contributed by atoms with Crippen LogP contribution < -0.4 is 10.0 Å². The van der Waals surface area contributed by atoms with E-state index < -0.39 is 10.0 Å². The van der Waals surface area contributed by atoms with Crippen molar-refractivity contribution in [1.82, 2.24) is 10.0 Å². The molecule has 1 heterocycles. The molecule has 1 saturated heterocycles. The van der Waals surface area contributed by atoms with Crippen LogP contribution in [0.2, 0.25) is 0 Å². The van der Waals surface area contributed by atoms with Gasteiger partial charge in [-0.25, -0.2) is 13.1 Å². The molecule has 6 heteroatoms. The third kappa shape index (κ3) is 3.41. The van der Waals surface area contributed by atoms with Gasteiger partial charge in [-0.3, -0.25) is 0 Å². The Kier molecular flexibility index (Phi) is 4.21. The van der Waals surface area contributed by atoms with Crippen LogP contribution in [0.5, 0.6) is 0 Å². The van der Waals surface area contributed by atoms with Gasteiger partial charge in [0, 0.05) is 19.1 Å². The number of hydrogen-bond acceptors (Lipinski definition) is 4. The van der Waals surface area contributed by atoms with Crippen LogP contribution in [0.4, 0.5) is 0 Å². The summed E-state index contributed by atoms with van der Waals surface area (Å²) in [5.41, 5.74) is 0. The molecule has 0 aliphatic carbocycles. The summed E-state index contributed by atoms with van der Waals surface area (Å²) >= 11 is 0. The highest BCUT2D eigenvalue weighted by atomic mass is 32.2. The van der Waals surface area contributed by atoms with Gasteiger partial charge in [0.25, 0.3) is 0 Å². The fourth-order valence-electron chi connectivity index (χ4n) is 2.38. The van der Waals surface area contributed by atoms with Crippen LogP contribution in [0, 0.1) is 0 Å². The molecule has 1 aliphatic heterocycles. The van der Waals surface area contributed by atoms with E-state index in [1.165, 1.54) is 0 Å². The van der Waals surface area contributed by atoms with Crippen LogP contribution in [0.1, 0.15) is 0 Å². The Morgan fingerprint density at radius 2 is 2.00 bits per heavy atom. The summed E-state index contributed by atoms with van der Waals surface area (Å²) in [6, 6.07) is 12.9. The molecule has 1 unspecified atom stereocenters. The van der Waals surface area contributed by atoms with Crippen LogP contribution in [0.25, 0.3) is 10.8 Å². The zero-order chi connectivity index (χ0) is 14.7. The average molecular weight is 306 g/mol. The van der Waals surface area contributed by atoms with Crippen molar-refractivity contribution in [1.29, 1.82) is 0 Å². The number of sulfonamides is 1. The summed E-state index contributed by atoms with van der Waals surface area (Å²) in [7, 11) is -3.50. The molecular weight excluding hydrogens is 288 g/mol. The van der Waals surface area contributed by atoms with E-state index in [1.807, 2.05) is 30.3 Å². The maximum atomic E-state index is 12.3. The molecule has 0 amide bonds. The zero-order valence-corrected chi connectivity index (χ0v) is 12.4. The summed E-state index contributed by atoms with van der Waals surface area (Å²) in [6.45, 7) is 2.28. The Labute approximate surface area is 124 Å². The summed E-state index contributed by atoms with van der Waals surface area (Å²) in [5.74, 6) is 0. The van der Waals surface area contributed by atoms with Gasteiger partial charge in [0.15, 0.2) is 0 Å². The maximum absolute atomic E-state index is 12.3. The maximum Gasteiger partial charge on any atom is 0.240 e. The Hall–Kier alpha value is -1.47. The van der Waals surface area contributed by atoms with Crippen molar-refractivity contribution in [3.05, 3.63) is 42.5 Å². The number of fused-ring (bicyclic) bond motifs is 1. The Morgan fingerprint density at radius 3 is 2.76 bits per heavy atom. The molecule has 1 aliphatic rings. The molecule has 0 spiro atoms. The average Bonchev–Trinajstić information content (AvgIpc) is 2.53. The number of morpholine rings is 1. The summed E-state index contributed by atoms with van der Waals surface area (Å²) in [6.07, 6.45) is 0. The molecule has 0 radical (unpaired) electrons. The van der Waals surface area contributed by atoms with E-state index in [4.69, 9.17) is 4.74 Å². The molecule has 1 fully saturated rings. The number of rotatable bonds is 4. The van der Waals surface area contributed by atoms with E-state index in [0.717, 1.165) is 17.3 Å². The van der Waals surface area contributed by atoms with Crippen LogP contribution in [-0.4, -0.2) is 40.8 Å². The van der Waals surface area contributed by atoms with Crippen molar-refractivity contribution in [2.75, 3.05) is 26.3 Å². The van der Waals surface area contributed by atoms with Crippen molar-refractivity contribution < 1.29 is 13.2 Å². The molecule has 0 aromatic heterocycles. The molecule has 1 atom stereocenters. The highest BCUT2D eigenvalue weighted by Gasteiger charge is 2.18. The number of benzene rings is 2. The topological polar surface area (TPSA) is 67.4 Å². The van der Waals surface area contributed by atoms with E-state index in [9.17, 15) is 8.42 Å². The second-order valence-corrected chi connectivity index (χ2v) is 6.85. The first-order valence-corrected chi connectivity index (χ1v) is 8.43. The predicted octanol–water partition coefficient (Wildman–Crippen LogP) is 1.11. The highest BCUT2D eigenvalue weighted by Crippen LogP contribution is 2.18. The van der Waals surface area contributed by atoms with Crippen LogP contribution in [0.15, 0.2) is 47.4 Å². The molecule has 0 saturated carbocycles.